The third-order valence-electron chi connectivity index (χ3n) is 1.88. The van der Waals surface area contributed by atoms with Crippen LogP contribution in [0.5, 0.6) is 0 Å². The van der Waals surface area contributed by atoms with Crippen molar-refractivity contribution in [3.8, 4) is 0 Å². The third-order valence-corrected chi connectivity index (χ3v) is 1.97. The molecule has 14 heavy (non-hydrogen) atoms. The largest absolute Gasteiger partial charge is 0.465 e. The highest BCUT2D eigenvalue weighted by Crippen LogP contribution is 2.21. The van der Waals surface area contributed by atoms with Crippen molar-refractivity contribution in [2.45, 2.75) is 6.92 Å². The van der Waals surface area contributed by atoms with Crippen molar-refractivity contribution in [3.05, 3.63) is 29.3 Å². The van der Waals surface area contributed by atoms with E-state index in [9.17, 15) is 4.79 Å². The molecule has 0 fully saturated rings. The quantitative estimate of drug-likeness (QED) is 0.425. The van der Waals surface area contributed by atoms with Gasteiger partial charge in [0.05, 0.1) is 23.5 Å². The molecule has 72 valence electrons. The molecule has 0 unspecified atom stereocenters. The molecule has 0 aliphatic rings. The second-order valence-corrected chi connectivity index (χ2v) is 2.83. The van der Waals surface area contributed by atoms with Gasteiger partial charge < -0.3 is 4.74 Å². The van der Waals surface area contributed by atoms with Crippen LogP contribution in [0.1, 0.15) is 15.9 Å². The predicted octanol–water partition coefficient (Wildman–Crippen LogP) is 2.52. The Labute approximate surface area is 87.4 Å². The monoisotopic (exact) mass is 207 g/mol. The number of isothiocyanates is 1. The Balaban J connectivity index is 3.26. The topological polar surface area (TPSA) is 38.7 Å². The van der Waals surface area contributed by atoms with Crippen molar-refractivity contribution in [1.29, 1.82) is 0 Å². The molecule has 0 N–H and O–H groups in total. The maximum atomic E-state index is 11.3. The summed E-state index contributed by atoms with van der Waals surface area (Å²) < 4.78 is 4.62. The molecule has 0 amide bonds. The molecule has 0 saturated heterocycles. The van der Waals surface area contributed by atoms with Crippen LogP contribution < -0.4 is 0 Å². The van der Waals surface area contributed by atoms with Crippen molar-refractivity contribution >= 4 is 29.0 Å². The fourth-order valence-corrected chi connectivity index (χ4v) is 1.22. The molecular weight excluding hydrogens is 198 g/mol. The van der Waals surface area contributed by atoms with Gasteiger partial charge in [-0.15, -0.1) is 0 Å². The van der Waals surface area contributed by atoms with Crippen LogP contribution in [0.2, 0.25) is 0 Å². The summed E-state index contributed by atoms with van der Waals surface area (Å²) in [6.45, 7) is 1.79. The van der Waals surface area contributed by atoms with E-state index in [1.807, 2.05) is 0 Å². The first kappa shape index (κ1) is 10.6. The van der Waals surface area contributed by atoms with Gasteiger partial charge in [-0.1, -0.05) is 6.07 Å². The molecule has 0 atom stereocenters. The maximum Gasteiger partial charge on any atom is 0.338 e. The smallest absolute Gasteiger partial charge is 0.338 e. The zero-order chi connectivity index (χ0) is 10.6. The Hall–Kier alpha value is -1.51. The molecule has 0 spiro atoms. The number of aliphatic imine (C=N–C) groups is 1. The van der Waals surface area contributed by atoms with Crippen molar-refractivity contribution < 1.29 is 9.53 Å². The minimum absolute atomic E-state index is 0.371. The van der Waals surface area contributed by atoms with E-state index < -0.39 is 0 Å². The van der Waals surface area contributed by atoms with Gasteiger partial charge in [-0.3, -0.25) is 0 Å². The normalized spacial score (nSPS) is 9.00. The van der Waals surface area contributed by atoms with Gasteiger partial charge in [0, 0.05) is 0 Å². The van der Waals surface area contributed by atoms with Gasteiger partial charge in [0.25, 0.3) is 0 Å². The van der Waals surface area contributed by atoms with Gasteiger partial charge in [0.1, 0.15) is 0 Å². The third kappa shape index (κ3) is 2.05. The van der Waals surface area contributed by atoms with E-state index in [0.29, 0.717) is 11.3 Å². The van der Waals surface area contributed by atoms with Crippen LogP contribution in [0.15, 0.2) is 23.2 Å². The van der Waals surface area contributed by atoms with Gasteiger partial charge in [0.15, 0.2) is 0 Å². The van der Waals surface area contributed by atoms with E-state index in [2.05, 4.69) is 27.1 Å². The van der Waals surface area contributed by atoms with E-state index in [4.69, 9.17) is 0 Å². The molecule has 3 nitrogen and oxygen atoms in total. The minimum Gasteiger partial charge on any atom is -0.465 e. The molecule has 0 heterocycles. The highest BCUT2D eigenvalue weighted by Gasteiger charge is 2.10. The lowest BCUT2D eigenvalue weighted by atomic mass is 10.1. The first-order chi connectivity index (χ1) is 6.70. The van der Waals surface area contributed by atoms with Crippen molar-refractivity contribution in [2.75, 3.05) is 7.11 Å². The summed E-state index contributed by atoms with van der Waals surface area (Å²) in [6, 6.07) is 5.18. The zero-order valence-electron chi connectivity index (χ0n) is 7.90. The number of nitrogens with zero attached hydrogens (tertiary/aromatic N) is 1. The summed E-state index contributed by atoms with van der Waals surface area (Å²) >= 11 is 4.50. The van der Waals surface area contributed by atoms with Crippen LogP contribution in [-0.4, -0.2) is 18.2 Å². The Kier molecular flexibility index (Phi) is 3.51. The average Bonchev–Trinajstić information content (AvgIpc) is 2.20. The number of benzene rings is 1. The van der Waals surface area contributed by atoms with Crippen molar-refractivity contribution in [2.24, 2.45) is 4.99 Å². The van der Waals surface area contributed by atoms with Gasteiger partial charge >= 0.3 is 5.97 Å². The first-order valence-corrected chi connectivity index (χ1v) is 4.37. The van der Waals surface area contributed by atoms with Crippen LogP contribution >= 0.6 is 12.2 Å². The van der Waals surface area contributed by atoms with Gasteiger partial charge in [0.2, 0.25) is 0 Å². The predicted molar refractivity (Wildman–Crippen MR) is 57.2 cm³/mol. The summed E-state index contributed by atoms with van der Waals surface area (Å²) in [7, 11) is 1.34. The Morgan fingerprint density at radius 3 is 2.86 bits per heavy atom. The molecule has 0 bridgehead atoms. The Morgan fingerprint density at radius 2 is 2.29 bits per heavy atom. The van der Waals surface area contributed by atoms with Crippen LogP contribution in [-0.2, 0) is 4.74 Å². The zero-order valence-corrected chi connectivity index (χ0v) is 8.72. The van der Waals surface area contributed by atoms with Crippen molar-refractivity contribution in [3.63, 3.8) is 0 Å². The second-order valence-electron chi connectivity index (χ2n) is 2.64. The molecule has 1 aromatic rings. The number of hydrogen-bond acceptors (Lipinski definition) is 4. The Bertz CT molecular complexity index is 409. The summed E-state index contributed by atoms with van der Waals surface area (Å²) in [5.41, 5.74) is 1.89. The highest BCUT2D eigenvalue weighted by molar-refractivity contribution is 7.78. The fraction of sp³-hybridized carbons (Fsp3) is 0.200. The molecule has 0 radical (unpaired) electrons. The first-order valence-electron chi connectivity index (χ1n) is 3.96. The van der Waals surface area contributed by atoms with E-state index in [1.165, 1.54) is 7.11 Å². The Morgan fingerprint density at radius 1 is 1.57 bits per heavy atom. The highest BCUT2D eigenvalue weighted by atomic mass is 32.1. The lowest BCUT2D eigenvalue weighted by Gasteiger charge is -2.04. The SMILES string of the molecule is COC(=O)c1cccc(N=C=S)c1C. The number of ether oxygens (including phenoxy) is 1. The number of hydrogen-bond donors (Lipinski definition) is 0. The molecule has 0 saturated carbocycles. The van der Waals surface area contributed by atoms with Crippen LogP contribution in [0.4, 0.5) is 5.69 Å². The molecule has 0 aromatic heterocycles. The summed E-state index contributed by atoms with van der Waals surface area (Å²) in [6.07, 6.45) is 0. The maximum absolute atomic E-state index is 11.3. The van der Waals surface area contributed by atoms with Crippen LogP contribution in [0.3, 0.4) is 0 Å². The average molecular weight is 207 g/mol. The van der Waals surface area contributed by atoms with Gasteiger partial charge in [-0.05, 0) is 36.8 Å². The van der Waals surface area contributed by atoms with Crippen LogP contribution in [0.25, 0.3) is 0 Å². The molecule has 0 aliphatic heterocycles. The molecule has 4 heteroatoms. The van der Waals surface area contributed by atoms with E-state index in [1.54, 1.807) is 25.1 Å². The molecule has 0 aliphatic carbocycles. The number of esters is 1. The lowest BCUT2D eigenvalue weighted by Crippen LogP contribution is -2.03. The van der Waals surface area contributed by atoms with Crippen LogP contribution in [0, 0.1) is 6.92 Å². The molecular formula is C10H9NO2S. The van der Waals surface area contributed by atoms with Crippen molar-refractivity contribution in [1.82, 2.24) is 0 Å². The standard InChI is InChI=1S/C10H9NO2S/c1-7-8(10(12)13-2)4-3-5-9(7)11-6-14/h3-5H,1-2H3. The summed E-state index contributed by atoms with van der Waals surface area (Å²) in [5.74, 6) is -0.371. The molecule has 1 aromatic carbocycles. The number of methoxy groups -OCH3 is 1. The number of carbonyl (C=O) groups is 1. The molecule has 1 rings (SSSR count). The number of carbonyl (C=O) groups excluding carboxylic acids is 1. The number of thiocarbonyl (C=S) groups is 1. The van der Waals surface area contributed by atoms with Gasteiger partial charge in [-0.25, -0.2) is 4.79 Å². The second kappa shape index (κ2) is 4.65. The van der Waals surface area contributed by atoms with E-state index >= 15 is 0 Å². The lowest BCUT2D eigenvalue weighted by molar-refractivity contribution is 0.0600. The fourth-order valence-electron chi connectivity index (χ4n) is 1.12. The summed E-state index contributed by atoms with van der Waals surface area (Å²) in [4.78, 5) is 15.1. The minimum atomic E-state index is -0.371. The van der Waals surface area contributed by atoms with E-state index in [0.717, 1.165) is 5.56 Å². The number of rotatable bonds is 2. The summed E-state index contributed by atoms with van der Waals surface area (Å²) in [5, 5.41) is 2.27. The van der Waals surface area contributed by atoms with E-state index in [-0.39, 0.29) is 5.97 Å². The van der Waals surface area contributed by atoms with Gasteiger partial charge in [-0.2, -0.15) is 4.99 Å².